The van der Waals surface area contributed by atoms with Crippen LogP contribution in [0.5, 0.6) is 0 Å². The lowest BCUT2D eigenvalue weighted by Gasteiger charge is -2.26. The van der Waals surface area contributed by atoms with Crippen molar-refractivity contribution in [1.82, 2.24) is 34.1 Å². The first-order chi connectivity index (χ1) is 21.9. The zero-order chi connectivity index (χ0) is 32.9. The maximum absolute atomic E-state index is 15.8. The van der Waals surface area contributed by atoms with Gasteiger partial charge in [0.25, 0.3) is 5.56 Å². The van der Waals surface area contributed by atoms with Crippen LogP contribution in [0.2, 0.25) is 0 Å². The Balaban J connectivity index is 1.21. The van der Waals surface area contributed by atoms with Gasteiger partial charge in [-0.05, 0) is 22.4 Å². The molecule has 24 heteroatoms. The van der Waals surface area contributed by atoms with Gasteiger partial charge in [-0.2, -0.15) is 4.98 Å². The Kier molecular flexibility index (Phi) is 9.40. The molecule has 0 saturated carbocycles. The number of thiol groups is 1. The van der Waals surface area contributed by atoms with E-state index in [1.54, 1.807) is 6.07 Å². The molecule has 0 aliphatic carbocycles. The summed E-state index contributed by atoms with van der Waals surface area (Å²) in [6.07, 6.45) is -7.91. The van der Waals surface area contributed by atoms with Gasteiger partial charge in [0.05, 0.1) is 18.3 Å². The number of methoxy groups -OCH3 is 1. The molecular weight excluding hydrogens is 698 g/mol. The van der Waals surface area contributed by atoms with E-state index in [0.717, 1.165) is 10.9 Å². The van der Waals surface area contributed by atoms with Gasteiger partial charge in [-0.25, -0.2) is 23.7 Å². The summed E-state index contributed by atoms with van der Waals surface area (Å²) in [4.78, 5) is 41.8. The summed E-state index contributed by atoms with van der Waals surface area (Å²) < 4.78 is 78.4. The van der Waals surface area contributed by atoms with Gasteiger partial charge in [-0.3, -0.25) is 18.9 Å². The van der Waals surface area contributed by atoms with Crippen LogP contribution in [0.15, 0.2) is 29.7 Å². The monoisotopic (exact) mass is 724 g/mol. The second-order valence-electron chi connectivity index (χ2n) is 10.1. The van der Waals surface area contributed by atoms with E-state index in [0.29, 0.717) is 11.0 Å². The third kappa shape index (κ3) is 6.27. The second-order valence-corrected chi connectivity index (χ2v) is 14.6. The van der Waals surface area contributed by atoms with Crippen molar-refractivity contribution in [3.8, 4) is 0 Å². The molecule has 0 aromatic carbocycles. The van der Waals surface area contributed by atoms with Crippen molar-refractivity contribution >= 4 is 72.0 Å². The number of fused-ring (bicyclic) bond motifs is 2. The summed E-state index contributed by atoms with van der Waals surface area (Å²) in [6.45, 7) is -5.40. The molecule has 2 fully saturated rings. The fraction of sp³-hybridized carbons (Fsp3) is 0.500. The number of nitrogens with zero attached hydrogens (tertiary/aromatic N) is 6. The number of ether oxygens (including phenoxy) is 3. The number of H-pyrrole nitrogens is 1. The van der Waals surface area contributed by atoms with E-state index in [2.05, 4.69) is 37.2 Å². The van der Waals surface area contributed by atoms with Crippen LogP contribution in [0.4, 0.5) is 20.5 Å². The third-order valence-corrected chi connectivity index (χ3v) is 9.62. The smallest absolute Gasteiger partial charge is 0.383 e. The third-order valence-electron chi connectivity index (χ3n) is 7.35. The lowest BCUT2D eigenvalue weighted by atomic mass is 10.1. The van der Waals surface area contributed by atoms with Gasteiger partial charge in [-0.1, -0.05) is 0 Å². The standard InChI is InChI=1S/C22H25F2N9O9P2S2/c1-37-14-10(41-20(12(14)24)32-3-2-8-16(25)27-6-28-17(8)32)5-39-44(36,46)42-15-11(23)9(4-38-43(35)45)40-21(15)33-7-29-13-18(33)30-22(26)31-19(13)34/h2-3,6-7,9-12,14-15,20-21H,4-5H2,1H3,(H6-,25,26,27,28,30,31,34,35,36,45,46)/p+1/t9-,10-,11-,12+,14-,15-,20-,21-,44?/m1/s1. The van der Waals surface area contributed by atoms with Crippen LogP contribution in [0, 0.1) is 0 Å². The van der Waals surface area contributed by atoms with Crippen LogP contribution < -0.4 is 17.0 Å². The Labute approximate surface area is 268 Å². The Bertz CT molecular complexity index is 1890. The van der Waals surface area contributed by atoms with Gasteiger partial charge >= 0.3 is 13.9 Å². The van der Waals surface area contributed by atoms with Crippen LogP contribution in [0.1, 0.15) is 12.5 Å². The summed E-state index contributed by atoms with van der Waals surface area (Å²) in [6, 6.07) is 1.61. The van der Waals surface area contributed by atoms with E-state index in [-0.39, 0.29) is 22.9 Å². The number of anilines is 2. The molecule has 2 saturated heterocycles. The number of nitrogens with two attached hydrogens (primary N) is 2. The highest BCUT2D eigenvalue weighted by atomic mass is 32.7. The van der Waals surface area contributed by atoms with Crippen molar-refractivity contribution < 1.29 is 46.0 Å². The first kappa shape index (κ1) is 33.2. The molecule has 46 heavy (non-hydrogen) atoms. The highest BCUT2D eigenvalue weighted by Crippen LogP contribution is 2.51. The first-order valence-electron chi connectivity index (χ1n) is 13.2. The summed E-state index contributed by atoms with van der Waals surface area (Å²) in [5.41, 5.74) is 11.0. The molecule has 2 aliphatic heterocycles. The predicted octanol–water partition coefficient (Wildman–Crippen LogP) is 1.44. The summed E-state index contributed by atoms with van der Waals surface area (Å²) in [5.74, 6) is -0.0616. The maximum atomic E-state index is 15.8. The van der Waals surface area contributed by atoms with Gasteiger partial charge in [0, 0.05) is 13.3 Å². The van der Waals surface area contributed by atoms with Crippen molar-refractivity contribution in [2.24, 2.45) is 0 Å². The molecule has 4 aromatic heterocycles. The number of rotatable bonds is 11. The number of alkyl halides is 2. The van der Waals surface area contributed by atoms with Gasteiger partial charge < -0.3 is 39.7 Å². The van der Waals surface area contributed by atoms with Crippen LogP contribution in [0.25, 0.3) is 22.2 Å². The SMILES string of the molecule is CO[C@H]1[C@H](F)[C@H](n2ccc3c(N)ncnc32)O[C@@H]1COP(O)(=S)O[C@@H]1[C@H](F)[C@@H](CO[P+](=O)S)O[C@H]1n1cnc2c(=O)[nH]c(N)nc21. The average molecular weight is 725 g/mol. The summed E-state index contributed by atoms with van der Waals surface area (Å²) in [5, 5.41) is 0.485. The molecule has 10 atom stereocenters. The number of hydrogen-bond donors (Lipinski definition) is 5. The minimum atomic E-state index is -4.35. The lowest BCUT2D eigenvalue weighted by Crippen LogP contribution is -2.34. The molecule has 4 aromatic rings. The summed E-state index contributed by atoms with van der Waals surface area (Å²) >= 11 is 8.84. The topological polar surface area (TPSA) is 239 Å². The molecule has 6 N–H and O–H groups in total. The molecule has 6 rings (SSSR count). The maximum Gasteiger partial charge on any atom is 0.582 e. The molecule has 0 amide bonds. The quantitative estimate of drug-likeness (QED) is 0.109. The minimum absolute atomic E-state index is 0.0899. The highest BCUT2D eigenvalue weighted by molar-refractivity contribution is 8.39. The number of imidazole rings is 1. The largest absolute Gasteiger partial charge is 0.582 e. The van der Waals surface area contributed by atoms with Crippen LogP contribution >= 0.6 is 26.2 Å². The van der Waals surface area contributed by atoms with E-state index in [1.165, 1.54) is 24.2 Å². The van der Waals surface area contributed by atoms with Crippen molar-refractivity contribution in [2.75, 3.05) is 31.8 Å². The Morgan fingerprint density at radius 1 is 1.13 bits per heavy atom. The lowest BCUT2D eigenvalue weighted by molar-refractivity contribution is -0.0571. The molecule has 0 spiro atoms. The number of halogens is 2. The van der Waals surface area contributed by atoms with E-state index >= 15 is 8.78 Å². The first-order valence-corrected chi connectivity index (χ1v) is 18.2. The molecule has 0 bridgehead atoms. The molecule has 0 radical (unpaired) electrons. The van der Waals surface area contributed by atoms with E-state index in [1.807, 2.05) is 0 Å². The fourth-order valence-corrected chi connectivity index (χ4v) is 7.19. The van der Waals surface area contributed by atoms with Crippen LogP contribution in [-0.4, -0.2) is 96.0 Å². The van der Waals surface area contributed by atoms with Crippen molar-refractivity contribution in [1.29, 1.82) is 0 Å². The highest BCUT2D eigenvalue weighted by Gasteiger charge is 2.52. The predicted molar refractivity (Wildman–Crippen MR) is 163 cm³/mol. The fourth-order valence-electron chi connectivity index (χ4n) is 5.31. The van der Waals surface area contributed by atoms with Crippen LogP contribution in [-0.2, 0) is 44.2 Å². The zero-order valence-electron chi connectivity index (χ0n) is 23.4. The zero-order valence-corrected chi connectivity index (χ0v) is 26.9. The number of aromatic nitrogens is 7. The van der Waals surface area contributed by atoms with E-state index in [4.69, 9.17) is 51.1 Å². The van der Waals surface area contributed by atoms with Gasteiger partial charge in [-0.15, -0.1) is 4.52 Å². The number of nitrogens with one attached hydrogen (secondary N) is 1. The number of hydrogen-bond acceptors (Lipinski definition) is 15. The number of aromatic amines is 1. The number of nitrogen functional groups attached to an aromatic ring is 2. The van der Waals surface area contributed by atoms with Crippen molar-refractivity contribution in [3.63, 3.8) is 0 Å². The average Bonchev–Trinajstić information content (AvgIpc) is 3.75. The molecule has 2 aliphatic rings. The molecule has 18 nitrogen and oxygen atoms in total. The van der Waals surface area contributed by atoms with Gasteiger partial charge in [0.1, 0.15) is 61.1 Å². The van der Waals surface area contributed by atoms with Gasteiger partial charge in [0.15, 0.2) is 36.0 Å². The van der Waals surface area contributed by atoms with Gasteiger partial charge in [0.2, 0.25) is 5.95 Å². The van der Waals surface area contributed by atoms with Crippen LogP contribution in [0.3, 0.4) is 0 Å². The van der Waals surface area contributed by atoms with Crippen molar-refractivity contribution in [3.05, 3.63) is 35.3 Å². The summed E-state index contributed by atoms with van der Waals surface area (Å²) in [7, 11) is -1.15. The molecule has 248 valence electrons. The van der Waals surface area contributed by atoms with Crippen molar-refractivity contribution in [2.45, 2.75) is 49.2 Å². The Morgan fingerprint density at radius 3 is 2.63 bits per heavy atom. The molecule has 6 heterocycles. The normalized spacial score (nSPS) is 29.9. The molecular formula is C22H26F2N9O9P2S2+. The van der Waals surface area contributed by atoms with E-state index < -0.39 is 81.9 Å². The molecule has 2 unspecified atom stereocenters. The second kappa shape index (κ2) is 13.0. The Hall–Kier alpha value is -2.75. The van der Waals surface area contributed by atoms with E-state index in [9.17, 15) is 14.3 Å². The minimum Gasteiger partial charge on any atom is -0.383 e. The Morgan fingerprint density at radius 2 is 1.89 bits per heavy atom.